The highest BCUT2D eigenvalue weighted by molar-refractivity contribution is 7.99. The van der Waals surface area contributed by atoms with Crippen molar-refractivity contribution in [1.82, 2.24) is 15.0 Å². The van der Waals surface area contributed by atoms with Crippen molar-refractivity contribution in [2.24, 2.45) is 5.10 Å². The fourth-order valence-electron chi connectivity index (χ4n) is 3.29. The van der Waals surface area contributed by atoms with Crippen LogP contribution in [-0.2, 0) is 4.79 Å². The van der Waals surface area contributed by atoms with Crippen molar-refractivity contribution in [3.05, 3.63) is 88.7 Å². The van der Waals surface area contributed by atoms with Gasteiger partial charge in [0, 0.05) is 5.56 Å². The van der Waals surface area contributed by atoms with Crippen LogP contribution in [0.25, 0.3) is 16.6 Å². The second-order valence-electron chi connectivity index (χ2n) is 7.30. The molecule has 34 heavy (non-hydrogen) atoms. The molecule has 0 aliphatic carbocycles. The first-order valence-corrected chi connectivity index (χ1v) is 11.4. The number of nitrogens with one attached hydrogen (secondary N) is 1. The van der Waals surface area contributed by atoms with Gasteiger partial charge in [-0.1, -0.05) is 42.1 Å². The first kappa shape index (κ1) is 23.1. The van der Waals surface area contributed by atoms with Gasteiger partial charge in [-0.3, -0.25) is 14.2 Å². The Labute approximate surface area is 199 Å². The Hall–Kier alpha value is -4.11. The van der Waals surface area contributed by atoms with E-state index in [4.69, 9.17) is 4.74 Å². The van der Waals surface area contributed by atoms with Crippen LogP contribution >= 0.6 is 11.8 Å². The monoisotopic (exact) mass is 474 g/mol. The first-order valence-electron chi connectivity index (χ1n) is 10.4. The van der Waals surface area contributed by atoms with E-state index >= 15 is 0 Å². The summed E-state index contributed by atoms with van der Waals surface area (Å²) in [5.41, 5.74) is 4.80. The van der Waals surface area contributed by atoms with Gasteiger partial charge in [0.25, 0.3) is 11.5 Å². The molecule has 2 N–H and O–H groups in total. The lowest BCUT2D eigenvalue weighted by Crippen LogP contribution is -2.24. The van der Waals surface area contributed by atoms with Crippen molar-refractivity contribution in [3.63, 3.8) is 0 Å². The normalized spacial score (nSPS) is 11.4. The highest BCUT2D eigenvalue weighted by Gasteiger charge is 2.14. The molecular weight excluding hydrogens is 452 g/mol. The molecule has 172 valence electrons. The highest BCUT2D eigenvalue weighted by atomic mass is 32.2. The molecule has 8 nitrogen and oxygen atoms in total. The third-order valence-electron chi connectivity index (χ3n) is 5.04. The standard InChI is InChI=1S/C25H22N4O4S/c1-16(17-12-13-21(30)22(14-17)33-2)27-28-23(31)15-34-25-26-20-11-7-6-10-19(20)24(32)29(25)18-8-4-3-5-9-18/h3-14,30H,15H2,1-2H3,(H,28,31). The summed E-state index contributed by atoms with van der Waals surface area (Å²) >= 11 is 1.15. The Bertz CT molecular complexity index is 1430. The quantitative estimate of drug-likeness (QED) is 0.183. The molecule has 0 spiro atoms. The summed E-state index contributed by atoms with van der Waals surface area (Å²) in [7, 11) is 1.46. The number of aromatic nitrogens is 2. The van der Waals surface area contributed by atoms with E-state index < -0.39 is 0 Å². The minimum absolute atomic E-state index is 0.00723. The van der Waals surface area contributed by atoms with Crippen LogP contribution in [0.5, 0.6) is 11.5 Å². The number of hydrogen-bond acceptors (Lipinski definition) is 7. The maximum Gasteiger partial charge on any atom is 0.266 e. The van der Waals surface area contributed by atoms with E-state index in [1.807, 2.05) is 36.4 Å². The molecule has 9 heteroatoms. The third-order valence-corrected chi connectivity index (χ3v) is 5.98. The Balaban J connectivity index is 1.55. The molecule has 0 fully saturated rings. The second kappa shape index (κ2) is 10.2. The number of amides is 1. The maximum atomic E-state index is 13.2. The molecule has 0 saturated carbocycles. The number of phenols is 1. The molecule has 1 amide bonds. The van der Waals surface area contributed by atoms with Crippen LogP contribution in [0.3, 0.4) is 0 Å². The van der Waals surface area contributed by atoms with Gasteiger partial charge in [0.2, 0.25) is 0 Å². The lowest BCUT2D eigenvalue weighted by atomic mass is 10.1. The van der Waals surface area contributed by atoms with Crippen LogP contribution in [-0.4, -0.2) is 39.1 Å². The number of nitrogens with zero attached hydrogens (tertiary/aromatic N) is 3. The number of benzene rings is 3. The number of methoxy groups -OCH3 is 1. The van der Waals surface area contributed by atoms with Crippen LogP contribution in [0, 0.1) is 0 Å². The molecule has 1 aromatic heterocycles. The van der Waals surface area contributed by atoms with E-state index in [0.717, 1.165) is 11.8 Å². The van der Waals surface area contributed by atoms with Gasteiger partial charge >= 0.3 is 0 Å². The van der Waals surface area contributed by atoms with Gasteiger partial charge in [-0.05, 0) is 49.4 Å². The van der Waals surface area contributed by atoms with Gasteiger partial charge in [-0.2, -0.15) is 5.10 Å². The molecule has 4 rings (SSSR count). The van der Waals surface area contributed by atoms with Gasteiger partial charge in [0.1, 0.15) is 0 Å². The van der Waals surface area contributed by atoms with E-state index in [9.17, 15) is 14.7 Å². The van der Waals surface area contributed by atoms with E-state index in [1.54, 1.807) is 37.3 Å². The van der Waals surface area contributed by atoms with Gasteiger partial charge in [-0.15, -0.1) is 0 Å². The molecule has 0 bridgehead atoms. The number of rotatable bonds is 7. The molecule has 0 aliphatic heterocycles. The van der Waals surface area contributed by atoms with Crippen molar-refractivity contribution in [2.45, 2.75) is 12.1 Å². The summed E-state index contributed by atoms with van der Waals surface area (Å²) in [4.78, 5) is 30.3. The van der Waals surface area contributed by atoms with Gasteiger partial charge in [0.15, 0.2) is 16.7 Å². The zero-order valence-electron chi connectivity index (χ0n) is 18.6. The van der Waals surface area contributed by atoms with Crippen LogP contribution < -0.4 is 15.7 Å². The number of fused-ring (bicyclic) bond motifs is 1. The average molecular weight is 475 g/mol. The molecule has 4 aromatic rings. The van der Waals surface area contributed by atoms with Crippen LogP contribution in [0.15, 0.2) is 87.8 Å². The zero-order valence-corrected chi connectivity index (χ0v) is 19.4. The molecule has 1 heterocycles. The molecule has 0 radical (unpaired) electrons. The number of carbonyl (C=O) groups is 1. The Kier molecular flexibility index (Phi) is 6.93. The lowest BCUT2D eigenvalue weighted by molar-refractivity contribution is -0.118. The topological polar surface area (TPSA) is 106 Å². The van der Waals surface area contributed by atoms with E-state index in [1.165, 1.54) is 17.7 Å². The molecule has 0 unspecified atom stereocenters. The number of aromatic hydroxyl groups is 1. The molecule has 0 aliphatic rings. The zero-order chi connectivity index (χ0) is 24.1. The SMILES string of the molecule is COc1cc(C(C)=NNC(=O)CSc2nc3ccccc3c(=O)n2-c2ccccc2)ccc1O. The van der Waals surface area contributed by atoms with Gasteiger partial charge in [0.05, 0.1) is 35.2 Å². The summed E-state index contributed by atoms with van der Waals surface area (Å²) in [6, 6.07) is 21.1. The van der Waals surface area contributed by atoms with Crippen molar-refractivity contribution in [2.75, 3.05) is 12.9 Å². The number of hydrogen-bond donors (Lipinski definition) is 2. The Morgan fingerprint density at radius 1 is 1.12 bits per heavy atom. The fourth-order valence-corrected chi connectivity index (χ4v) is 4.09. The average Bonchev–Trinajstić information content (AvgIpc) is 2.87. The summed E-state index contributed by atoms with van der Waals surface area (Å²) in [5.74, 6) is -0.00745. The Morgan fingerprint density at radius 2 is 1.85 bits per heavy atom. The minimum Gasteiger partial charge on any atom is -0.504 e. The van der Waals surface area contributed by atoms with Crippen molar-refractivity contribution in [3.8, 4) is 17.2 Å². The van der Waals surface area contributed by atoms with Crippen LogP contribution in [0.4, 0.5) is 0 Å². The predicted octanol–water partition coefficient (Wildman–Crippen LogP) is 3.73. The van der Waals surface area contributed by atoms with Gasteiger partial charge < -0.3 is 9.84 Å². The van der Waals surface area contributed by atoms with Crippen LogP contribution in [0.1, 0.15) is 12.5 Å². The lowest BCUT2D eigenvalue weighted by Gasteiger charge is -2.13. The van der Waals surface area contributed by atoms with Gasteiger partial charge in [-0.25, -0.2) is 10.4 Å². The van der Waals surface area contributed by atoms with E-state index in [0.29, 0.717) is 38.8 Å². The van der Waals surface area contributed by atoms with Crippen molar-refractivity contribution in [1.29, 1.82) is 0 Å². The fraction of sp³-hybridized carbons (Fsp3) is 0.120. The van der Waals surface area contributed by atoms with Crippen molar-refractivity contribution < 1.29 is 14.6 Å². The predicted molar refractivity (Wildman–Crippen MR) is 133 cm³/mol. The number of hydrazone groups is 1. The molecule has 0 saturated heterocycles. The number of thioether (sulfide) groups is 1. The third kappa shape index (κ3) is 4.94. The number of phenolic OH excluding ortho intramolecular Hbond substituents is 1. The highest BCUT2D eigenvalue weighted by Crippen LogP contribution is 2.26. The Morgan fingerprint density at radius 3 is 2.62 bits per heavy atom. The maximum absolute atomic E-state index is 13.2. The summed E-state index contributed by atoms with van der Waals surface area (Å²) in [6.45, 7) is 1.73. The molecular formula is C25H22N4O4S. The van der Waals surface area contributed by atoms with Crippen molar-refractivity contribution >= 4 is 34.3 Å². The van der Waals surface area contributed by atoms with E-state index in [2.05, 4.69) is 15.5 Å². The second-order valence-corrected chi connectivity index (χ2v) is 8.24. The number of carbonyl (C=O) groups excluding carboxylic acids is 1. The minimum atomic E-state index is -0.350. The number of para-hydroxylation sites is 2. The molecule has 3 aromatic carbocycles. The van der Waals surface area contributed by atoms with Crippen LogP contribution in [0.2, 0.25) is 0 Å². The summed E-state index contributed by atoms with van der Waals surface area (Å²) < 4.78 is 6.62. The first-order chi connectivity index (χ1) is 16.5. The largest absolute Gasteiger partial charge is 0.504 e. The van der Waals surface area contributed by atoms with E-state index in [-0.39, 0.29) is 23.0 Å². The summed E-state index contributed by atoms with van der Waals surface area (Å²) in [5, 5.41) is 14.8. The summed E-state index contributed by atoms with van der Waals surface area (Å²) in [6.07, 6.45) is 0. The number of ether oxygens (including phenoxy) is 1. The smallest absolute Gasteiger partial charge is 0.266 e. The molecule has 0 atom stereocenters.